The number of hydrogen-bond donors (Lipinski definition) is 2. The summed E-state index contributed by atoms with van der Waals surface area (Å²) in [5.74, 6) is -1.43. The number of hydrogen-bond acceptors (Lipinski definition) is 6. The minimum Gasteiger partial charge on any atom is -0.336 e. The SMILES string of the molecule is Cc1nc(-c2cccs2)sc1-c1ccc(=O)n(CCNC(=O)Nc2cc(F)ccc2F)n1. The van der Waals surface area contributed by atoms with Crippen molar-refractivity contribution in [1.29, 1.82) is 0 Å². The number of benzene rings is 1. The Morgan fingerprint density at radius 1 is 1.19 bits per heavy atom. The summed E-state index contributed by atoms with van der Waals surface area (Å²) in [6.45, 7) is 2.04. The predicted molar refractivity (Wildman–Crippen MR) is 121 cm³/mol. The lowest BCUT2D eigenvalue weighted by Gasteiger charge is -2.10. The summed E-state index contributed by atoms with van der Waals surface area (Å²) >= 11 is 3.09. The largest absolute Gasteiger partial charge is 0.336 e. The highest BCUT2D eigenvalue weighted by Gasteiger charge is 2.14. The van der Waals surface area contributed by atoms with Gasteiger partial charge in [-0.05, 0) is 36.6 Å². The number of urea groups is 1. The second kappa shape index (κ2) is 9.37. The van der Waals surface area contributed by atoms with Crippen molar-refractivity contribution < 1.29 is 13.6 Å². The number of nitrogens with zero attached hydrogens (tertiary/aromatic N) is 3. The number of aryl methyl sites for hydroxylation is 1. The quantitative estimate of drug-likeness (QED) is 0.432. The van der Waals surface area contributed by atoms with Gasteiger partial charge >= 0.3 is 6.03 Å². The van der Waals surface area contributed by atoms with Crippen LogP contribution in [0.4, 0.5) is 19.3 Å². The van der Waals surface area contributed by atoms with Crippen molar-refractivity contribution in [1.82, 2.24) is 20.1 Å². The van der Waals surface area contributed by atoms with Gasteiger partial charge in [0.15, 0.2) is 0 Å². The molecule has 0 atom stereocenters. The average molecular weight is 474 g/mol. The predicted octanol–water partition coefficient (Wildman–Crippen LogP) is 4.50. The highest BCUT2D eigenvalue weighted by Crippen LogP contribution is 2.35. The molecule has 1 aromatic carbocycles. The number of carbonyl (C=O) groups is 1. The van der Waals surface area contributed by atoms with Gasteiger partial charge in [-0.15, -0.1) is 22.7 Å². The van der Waals surface area contributed by atoms with E-state index in [0.717, 1.165) is 38.7 Å². The van der Waals surface area contributed by atoms with E-state index in [-0.39, 0.29) is 24.3 Å². The third-order valence-electron chi connectivity index (χ3n) is 4.41. The normalized spacial score (nSPS) is 10.8. The monoisotopic (exact) mass is 473 g/mol. The van der Waals surface area contributed by atoms with Crippen LogP contribution in [-0.2, 0) is 6.54 Å². The van der Waals surface area contributed by atoms with Crippen LogP contribution in [0.1, 0.15) is 5.69 Å². The molecule has 3 heterocycles. The lowest BCUT2D eigenvalue weighted by atomic mass is 10.3. The number of thiophene rings is 1. The summed E-state index contributed by atoms with van der Waals surface area (Å²) in [5.41, 5.74) is 0.814. The van der Waals surface area contributed by atoms with E-state index in [2.05, 4.69) is 20.7 Å². The maximum absolute atomic E-state index is 13.6. The van der Waals surface area contributed by atoms with Crippen LogP contribution in [0.25, 0.3) is 20.5 Å². The minimum atomic E-state index is -0.756. The first-order chi connectivity index (χ1) is 15.4. The van der Waals surface area contributed by atoms with Crippen LogP contribution in [0.15, 0.2) is 52.6 Å². The summed E-state index contributed by atoms with van der Waals surface area (Å²) in [4.78, 5) is 30.7. The number of thiazole rings is 1. The van der Waals surface area contributed by atoms with Gasteiger partial charge in [0, 0.05) is 18.7 Å². The van der Waals surface area contributed by atoms with Crippen molar-refractivity contribution in [3.8, 4) is 20.5 Å². The molecule has 32 heavy (non-hydrogen) atoms. The Labute approximate surface area is 189 Å². The number of anilines is 1. The van der Waals surface area contributed by atoms with Crippen LogP contribution in [0.5, 0.6) is 0 Å². The Bertz CT molecular complexity index is 1320. The van der Waals surface area contributed by atoms with Gasteiger partial charge in [0.05, 0.1) is 27.7 Å². The lowest BCUT2D eigenvalue weighted by Crippen LogP contribution is -2.34. The molecular weight excluding hydrogens is 456 g/mol. The Morgan fingerprint density at radius 3 is 2.81 bits per heavy atom. The molecule has 0 spiro atoms. The van der Waals surface area contributed by atoms with E-state index in [1.807, 2.05) is 24.4 Å². The zero-order valence-corrected chi connectivity index (χ0v) is 18.4. The third kappa shape index (κ3) is 4.89. The molecule has 11 heteroatoms. The van der Waals surface area contributed by atoms with E-state index in [1.165, 1.54) is 22.1 Å². The fourth-order valence-corrected chi connectivity index (χ4v) is 4.73. The summed E-state index contributed by atoms with van der Waals surface area (Å²) in [6, 6.07) is 9.04. The Balaban J connectivity index is 1.43. The zero-order valence-electron chi connectivity index (χ0n) is 16.8. The van der Waals surface area contributed by atoms with E-state index < -0.39 is 17.7 Å². The van der Waals surface area contributed by atoms with Crippen molar-refractivity contribution >= 4 is 34.4 Å². The molecule has 0 aliphatic carbocycles. The Morgan fingerprint density at radius 2 is 2.03 bits per heavy atom. The topological polar surface area (TPSA) is 88.9 Å². The van der Waals surface area contributed by atoms with Gasteiger partial charge < -0.3 is 10.6 Å². The summed E-state index contributed by atoms with van der Waals surface area (Å²) in [7, 11) is 0. The molecular formula is C21H17F2N5O2S2. The lowest BCUT2D eigenvalue weighted by molar-refractivity contribution is 0.251. The van der Waals surface area contributed by atoms with Gasteiger partial charge in [-0.1, -0.05) is 6.07 Å². The molecule has 0 radical (unpaired) electrons. The highest BCUT2D eigenvalue weighted by atomic mass is 32.1. The fourth-order valence-electron chi connectivity index (χ4n) is 2.91. The van der Waals surface area contributed by atoms with Gasteiger partial charge in [0.2, 0.25) is 0 Å². The minimum absolute atomic E-state index is 0.0568. The highest BCUT2D eigenvalue weighted by molar-refractivity contribution is 7.23. The zero-order chi connectivity index (χ0) is 22.7. The number of nitrogens with one attached hydrogen (secondary N) is 2. The van der Waals surface area contributed by atoms with Crippen LogP contribution >= 0.6 is 22.7 Å². The summed E-state index contributed by atoms with van der Waals surface area (Å²) in [6.07, 6.45) is 0. The fraction of sp³-hybridized carbons (Fsp3) is 0.143. The first kappa shape index (κ1) is 21.8. The molecule has 0 aliphatic rings. The van der Waals surface area contributed by atoms with Gasteiger partial charge in [-0.3, -0.25) is 4.79 Å². The van der Waals surface area contributed by atoms with E-state index in [0.29, 0.717) is 5.69 Å². The van der Waals surface area contributed by atoms with Crippen molar-refractivity contribution in [3.05, 3.63) is 75.5 Å². The number of aromatic nitrogens is 3. The smallest absolute Gasteiger partial charge is 0.319 e. The molecule has 4 aromatic rings. The molecule has 0 unspecified atom stereocenters. The van der Waals surface area contributed by atoms with Gasteiger partial charge in [-0.2, -0.15) is 5.10 Å². The van der Waals surface area contributed by atoms with Gasteiger partial charge in [-0.25, -0.2) is 23.2 Å². The summed E-state index contributed by atoms with van der Waals surface area (Å²) < 4.78 is 28.1. The van der Waals surface area contributed by atoms with Crippen molar-refractivity contribution in [2.75, 3.05) is 11.9 Å². The third-order valence-corrected chi connectivity index (χ3v) is 6.63. The number of rotatable bonds is 6. The maximum Gasteiger partial charge on any atom is 0.319 e. The second-order valence-electron chi connectivity index (χ2n) is 6.70. The Kier molecular flexibility index (Phi) is 6.37. The molecule has 0 bridgehead atoms. The molecule has 7 nitrogen and oxygen atoms in total. The molecule has 164 valence electrons. The first-order valence-electron chi connectivity index (χ1n) is 9.50. The second-order valence-corrected chi connectivity index (χ2v) is 8.64. The maximum atomic E-state index is 13.6. The molecule has 2 amide bonds. The number of amides is 2. The van der Waals surface area contributed by atoms with Gasteiger partial charge in [0.1, 0.15) is 22.3 Å². The number of carbonyl (C=O) groups excluding carboxylic acids is 1. The van der Waals surface area contributed by atoms with E-state index in [4.69, 9.17) is 0 Å². The molecule has 0 aliphatic heterocycles. The average Bonchev–Trinajstić information content (AvgIpc) is 3.42. The molecule has 2 N–H and O–H groups in total. The van der Waals surface area contributed by atoms with Crippen LogP contribution in [0.3, 0.4) is 0 Å². The van der Waals surface area contributed by atoms with E-state index in [9.17, 15) is 18.4 Å². The van der Waals surface area contributed by atoms with Crippen LogP contribution in [0, 0.1) is 18.6 Å². The molecule has 3 aromatic heterocycles. The molecule has 4 rings (SSSR count). The van der Waals surface area contributed by atoms with Crippen LogP contribution in [-0.4, -0.2) is 27.3 Å². The van der Waals surface area contributed by atoms with Crippen molar-refractivity contribution in [2.24, 2.45) is 0 Å². The van der Waals surface area contributed by atoms with Crippen molar-refractivity contribution in [2.45, 2.75) is 13.5 Å². The molecule has 0 saturated heterocycles. The summed E-state index contributed by atoms with van der Waals surface area (Å²) in [5, 5.41) is 12.0. The molecule has 0 saturated carbocycles. The van der Waals surface area contributed by atoms with E-state index >= 15 is 0 Å². The van der Waals surface area contributed by atoms with Crippen molar-refractivity contribution in [3.63, 3.8) is 0 Å². The van der Waals surface area contributed by atoms with Gasteiger partial charge in [0.25, 0.3) is 5.56 Å². The van der Waals surface area contributed by atoms with Crippen LogP contribution < -0.4 is 16.2 Å². The standard InChI is InChI=1S/C21H17F2N5O2S2/c1-12-19(32-20(25-12)17-3-2-10-31-17)15-6-7-18(29)28(27-15)9-8-24-21(30)26-16-11-13(22)4-5-14(16)23/h2-7,10-11H,8-9H2,1H3,(H2,24,26,30). The first-order valence-corrected chi connectivity index (χ1v) is 11.2. The molecule has 0 fully saturated rings. The number of halogens is 2. The Hall–Kier alpha value is -3.44. The van der Waals surface area contributed by atoms with Crippen LogP contribution in [0.2, 0.25) is 0 Å². The van der Waals surface area contributed by atoms with E-state index in [1.54, 1.807) is 17.4 Å².